The molecule has 3 aromatic carbocycles. The zero-order valence-corrected chi connectivity index (χ0v) is 21.7. The fraction of sp³-hybridized carbons (Fsp3) is 0.0800. The molecule has 0 unspecified atom stereocenters. The van der Waals surface area contributed by atoms with E-state index in [0.29, 0.717) is 23.3 Å². The van der Waals surface area contributed by atoms with Crippen LogP contribution in [-0.2, 0) is 16.0 Å². The van der Waals surface area contributed by atoms with Gasteiger partial charge in [0.15, 0.2) is 0 Å². The Morgan fingerprint density at radius 2 is 1.80 bits per heavy atom. The number of methoxy groups -OCH3 is 1. The predicted octanol–water partition coefficient (Wildman–Crippen LogP) is 6.00. The number of nitrogens with one attached hydrogen (secondary N) is 1. The van der Waals surface area contributed by atoms with Crippen LogP contribution in [-0.4, -0.2) is 25.0 Å². The van der Waals surface area contributed by atoms with Crippen molar-refractivity contribution < 1.29 is 23.5 Å². The van der Waals surface area contributed by atoms with Gasteiger partial charge in [-0.05, 0) is 76.2 Å². The Kier molecular flexibility index (Phi) is 7.44. The maximum Gasteiger partial charge on any atom is 0.335 e. The highest BCUT2D eigenvalue weighted by atomic mass is 127. The number of urea groups is 1. The monoisotopic (exact) mass is 624 g/mol. The van der Waals surface area contributed by atoms with Gasteiger partial charge in [0, 0.05) is 15.6 Å². The minimum absolute atomic E-state index is 0.150. The third-order valence-corrected chi connectivity index (χ3v) is 7.00. The third kappa shape index (κ3) is 5.19. The Balaban J connectivity index is 1.72. The van der Waals surface area contributed by atoms with Crippen molar-refractivity contribution in [3.05, 3.63) is 96.3 Å². The van der Waals surface area contributed by atoms with Gasteiger partial charge in [0.25, 0.3) is 11.8 Å². The number of hydrogen-bond donors (Lipinski definition) is 1. The van der Waals surface area contributed by atoms with E-state index < -0.39 is 17.8 Å². The Labute approximate surface area is 223 Å². The highest BCUT2D eigenvalue weighted by Gasteiger charge is 2.37. The first-order chi connectivity index (χ1) is 16.7. The summed E-state index contributed by atoms with van der Waals surface area (Å²) in [7, 11) is 1.48. The van der Waals surface area contributed by atoms with Crippen molar-refractivity contribution in [1.29, 1.82) is 0 Å². The Morgan fingerprint density at radius 3 is 2.49 bits per heavy atom. The number of barbiturate groups is 1. The van der Waals surface area contributed by atoms with E-state index in [2.05, 4.69) is 27.9 Å². The second-order valence-electron chi connectivity index (χ2n) is 7.51. The van der Waals surface area contributed by atoms with Crippen molar-refractivity contribution in [3.63, 3.8) is 0 Å². The lowest BCUT2D eigenvalue weighted by Crippen LogP contribution is -2.54. The lowest BCUT2D eigenvalue weighted by molar-refractivity contribution is -0.122. The van der Waals surface area contributed by atoms with Crippen LogP contribution in [0.5, 0.6) is 5.75 Å². The molecule has 1 aliphatic heterocycles. The minimum atomic E-state index is -0.900. The van der Waals surface area contributed by atoms with Crippen LogP contribution < -0.4 is 15.0 Å². The van der Waals surface area contributed by atoms with E-state index in [4.69, 9.17) is 27.9 Å². The first-order valence-electron chi connectivity index (χ1n) is 10.2. The topological polar surface area (TPSA) is 75.7 Å². The van der Waals surface area contributed by atoms with Crippen LogP contribution in [0.3, 0.4) is 0 Å². The Morgan fingerprint density at radius 1 is 1.06 bits per heavy atom. The van der Waals surface area contributed by atoms with Crippen LogP contribution in [0, 0.1) is 9.39 Å². The van der Waals surface area contributed by atoms with E-state index in [9.17, 15) is 18.8 Å². The standard InChI is InChI=1S/C25H16Cl2FIN2O4/c1-35-22-10-13(9-21(29)16(22)11-14-4-2-3-5-20(14)28)8-17-23(32)30-25(34)31(24(17)33)15-6-7-18(26)19(27)12-15/h2-10,12H,11H2,1H3,(H,30,32,34)/b17-8+. The van der Waals surface area contributed by atoms with Crippen molar-refractivity contribution in [2.75, 3.05) is 12.0 Å². The van der Waals surface area contributed by atoms with Crippen LogP contribution >= 0.6 is 45.8 Å². The smallest absolute Gasteiger partial charge is 0.335 e. The molecule has 6 nitrogen and oxygen atoms in total. The zero-order chi connectivity index (χ0) is 25.3. The fourth-order valence-corrected chi connectivity index (χ4v) is 4.69. The molecule has 178 valence electrons. The van der Waals surface area contributed by atoms with Crippen LogP contribution in [0.15, 0.2) is 60.2 Å². The quantitative estimate of drug-likeness (QED) is 0.215. The number of halogens is 4. The lowest BCUT2D eigenvalue weighted by Gasteiger charge is -2.26. The number of ether oxygens (including phenoxy) is 1. The molecule has 1 aliphatic rings. The highest BCUT2D eigenvalue weighted by Crippen LogP contribution is 2.32. The molecule has 1 N–H and O–H groups in total. The molecular formula is C25H16Cl2FIN2O4. The number of benzene rings is 3. The molecule has 0 aliphatic carbocycles. The summed E-state index contributed by atoms with van der Waals surface area (Å²) in [5.41, 5.74) is 1.66. The van der Waals surface area contributed by atoms with E-state index in [1.807, 2.05) is 0 Å². The van der Waals surface area contributed by atoms with Crippen molar-refractivity contribution >= 4 is 75.4 Å². The third-order valence-electron chi connectivity index (χ3n) is 5.30. The molecule has 4 amide bonds. The van der Waals surface area contributed by atoms with Gasteiger partial charge in [0.05, 0.1) is 22.8 Å². The van der Waals surface area contributed by atoms with Gasteiger partial charge in [0.1, 0.15) is 17.1 Å². The van der Waals surface area contributed by atoms with Gasteiger partial charge in [-0.15, -0.1) is 0 Å². The number of nitrogens with zero attached hydrogens (tertiary/aromatic N) is 1. The van der Waals surface area contributed by atoms with Gasteiger partial charge < -0.3 is 4.74 Å². The molecule has 1 fully saturated rings. The van der Waals surface area contributed by atoms with Crippen LogP contribution in [0.1, 0.15) is 16.7 Å². The van der Waals surface area contributed by atoms with E-state index in [-0.39, 0.29) is 27.1 Å². The normalized spacial score (nSPS) is 14.9. The summed E-state index contributed by atoms with van der Waals surface area (Å²) in [4.78, 5) is 38.9. The van der Waals surface area contributed by atoms with Crippen LogP contribution in [0.4, 0.5) is 14.9 Å². The maximum atomic E-state index is 14.2. The van der Waals surface area contributed by atoms with Crippen molar-refractivity contribution in [1.82, 2.24) is 5.32 Å². The number of anilines is 1. The number of rotatable bonds is 5. The van der Waals surface area contributed by atoms with E-state index >= 15 is 0 Å². The van der Waals surface area contributed by atoms with Gasteiger partial charge in [-0.1, -0.05) is 41.4 Å². The summed E-state index contributed by atoms with van der Waals surface area (Å²) in [5, 5.41) is 2.57. The average Bonchev–Trinajstić information content (AvgIpc) is 2.81. The molecule has 10 heteroatoms. The summed E-state index contributed by atoms with van der Waals surface area (Å²) in [6, 6.07) is 13.2. The van der Waals surface area contributed by atoms with Gasteiger partial charge in [0.2, 0.25) is 0 Å². The van der Waals surface area contributed by atoms with Gasteiger partial charge in [-0.3, -0.25) is 14.9 Å². The van der Waals surface area contributed by atoms with E-state index in [1.165, 1.54) is 37.5 Å². The summed E-state index contributed by atoms with van der Waals surface area (Å²) in [6.07, 6.45) is 1.66. The predicted molar refractivity (Wildman–Crippen MR) is 140 cm³/mol. The largest absolute Gasteiger partial charge is 0.496 e. The Hall–Kier alpha value is -2.95. The molecule has 0 radical (unpaired) electrons. The van der Waals surface area contributed by atoms with Gasteiger partial charge in [-0.2, -0.15) is 0 Å². The highest BCUT2D eigenvalue weighted by molar-refractivity contribution is 14.1. The molecule has 0 spiro atoms. The number of imide groups is 2. The van der Waals surface area contributed by atoms with Gasteiger partial charge in [-0.25, -0.2) is 14.1 Å². The van der Waals surface area contributed by atoms with E-state index in [0.717, 1.165) is 14.0 Å². The average molecular weight is 625 g/mol. The molecule has 3 aromatic rings. The molecule has 4 rings (SSSR count). The van der Waals surface area contributed by atoms with Gasteiger partial charge >= 0.3 is 6.03 Å². The lowest BCUT2D eigenvalue weighted by atomic mass is 10.00. The number of amides is 4. The second-order valence-corrected chi connectivity index (χ2v) is 9.48. The van der Waals surface area contributed by atoms with Crippen molar-refractivity contribution in [2.24, 2.45) is 0 Å². The van der Waals surface area contributed by atoms with Crippen LogP contribution in [0.2, 0.25) is 10.0 Å². The maximum absolute atomic E-state index is 14.2. The summed E-state index contributed by atoms with van der Waals surface area (Å²) in [5.74, 6) is -1.51. The molecule has 0 bridgehead atoms. The number of carbonyl (C=O) groups is 3. The van der Waals surface area contributed by atoms with Crippen molar-refractivity contribution in [2.45, 2.75) is 6.42 Å². The minimum Gasteiger partial charge on any atom is -0.496 e. The summed E-state index contributed by atoms with van der Waals surface area (Å²) in [6.45, 7) is 0. The first kappa shape index (κ1) is 25.2. The molecule has 1 saturated heterocycles. The molecule has 0 atom stereocenters. The molecule has 35 heavy (non-hydrogen) atoms. The van der Waals surface area contributed by atoms with Crippen molar-refractivity contribution in [3.8, 4) is 5.75 Å². The molecule has 0 aromatic heterocycles. The molecular weight excluding hydrogens is 609 g/mol. The zero-order valence-electron chi connectivity index (χ0n) is 18.1. The molecule has 0 saturated carbocycles. The summed E-state index contributed by atoms with van der Waals surface area (Å²) < 4.78 is 20.5. The fourth-order valence-electron chi connectivity index (χ4n) is 3.58. The number of carbonyl (C=O) groups excluding carboxylic acids is 3. The number of hydrogen-bond acceptors (Lipinski definition) is 4. The molecule has 1 heterocycles. The Bertz CT molecular complexity index is 1410. The van der Waals surface area contributed by atoms with Crippen LogP contribution in [0.25, 0.3) is 6.08 Å². The second kappa shape index (κ2) is 10.3. The van der Waals surface area contributed by atoms with E-state index in [1.54, 1.807) is 30.3 Å². The summed E-state index contributed by atoms with van der Waals surface area (Å²) >= 11 is 14.1. The first-order valence-corrected chi connectivity index (χ1v) is 12.0. The SMILES string of the molecule is COc1cc(/C=C2\C(=O)NC(=O)N(c3ccc(Cl)c(Cl)c3)C2=O)cc(I)c1Cc1ccccc1F.